The zero-order valence-electron chi connectivity index (χ0n) is 24.5. The van der Waals surface area contributed by atoms with E-state index in [4.69, 9.17) is 16.3 Å². The summed E-state index contributed by atoms with van der Waals surface area (Å²) in [6.07, 6.45) is -0.693. The molecule has 0 bridgehead atoms. The quantitative estimate of drug-likeness (QED) is 0.252. The van der Waals surface area contributed by atoms with Crippen LogP contribution in [0.3, 0.4) is 0 Å². The first-order chi connectivity index (χ1) is 19.8. The Morgan fingerprint density at radius 1 is 0.976 bits per heavy atom. The Labute approximate surface area is 251 Å². The maximum absolute atomic E-state index is 14.3. The number of rotatable bonds is 10. The van der Waals surface area contributed by atoms with Gasteiger partial charge in [0.25, 0.3) is 5.91 Å². The number of hydrogen-bond donors (Lipinski definition) is 4. The van der Waals surface area contributed by atoms with Gasteiger partial charge in [-0.15, -0.1) is 0 Å². The van der Waals surface area contributed by atoms with Crippen LogP contribution in [0.15, 0.2) is 66.7 Å². The number of nitrogens with one attached hydrogen (secondary N) is 2. The number of alkyl carbamates (subject to hydrolysis) is 1. The molecule has 3 aromatic carbocycles. The van der Waals surface area contributed by atoms with Crippen LogP contribution < -0.4 is 10.6 Å². The van der Waals surface area contributed by atoms with Gasteiger partial charge in [-0.05, 0) is 75.1 Å². The van der Waals surface area contributed by atoms with Gasteiger partial charge in [-0.2, -0.15) is 0 Å². The average Bonchev–Trinajstić information content (AvgIpc) is 2.91. The number of carbonyl (C=O) groups excluding carboxylic acids is 3. The molecule has 0 heterocycles. The van der Waals surface area contributed by atoms with Gasteiger partial charge in [0, 0.05) is 13.0 Å². The third-order valence-electron chi connectivity index (χ3n) is 6.46. The molecule has 0 aliphatic heterocycles. The number of nitrogens with zero attached hydrogens (tertiary/aromatic N) is 1. The van der Waals surface area contributed by atoms with Crippen LogP contribution in [0.1, 0.15) is 49.1 Å². The van der Waals surface area contributed by atoms with E-state index >= 15 is 0 Å². The minimum absolute atomic E-state index is 0.0217. The normalized spacial score (nSPS) is 12.6. The van der Waals surface area contributed by atoms with Gasteiger partial charge in [0.05, 0.1) is 17.3 Å². The highest BCUT2D eigenvalue weighted by Gasteiger charge is 2.37. The molecule has 224 valence electrons. The Morgan fingerprint density at radius 3 is 2.26 bits per heavy atom. The molecule has 0 aliphatic rings. The van der Waals surface area contributed by atoms with E-state index in [0.717, 1.165) is 5.56 Å². The molecule has 9 nitrogen and oxygen atoms in total. The highest BCUT2D eigenvalue weighted by atomic mass is 35.5. The predicted molar refractivity (Wildman–Crippen MR) is 163 cm³/mol. The van der Waals surface area contributed by atoms with Crippen LogP contribution in [0.5, 0.6) is 5.75 Å². The predicted octanol–water partition coefficient (Wildman–Crippen LogP) is 5.30. The zero-order valence-corrected chi connectivity index (χ0v) is 25.2. The van der Waals surface area contributed by atoms with Crippen molar-refractivity contribution < 1.29 is 29.3 Å². The molecule has 0 spiro atoms. The summed E-state index contributed by atoms with van der Waals surface area (Å²) < 4.78 is 5.43. The lowest BCUT2D eigenvalue weighted by atomic mass is 9.98. The number of aromatic hydroxyl groups is 1. The lowest BCUT2D eigenvalue weighted by Gasteiger charge is -2.34. The van der Waals surface area contributed by atoms with Gasteiger partial charge in [0.1, 0.15) is 23.4 Å². The van der Waals surface area contributed by atoms with Crippen molar-refractivity contribution in [2.45, 2.75) is 58.7 Å². The molecule has 2 unspecified atom stereocenters. The van der Waals surface area contributed by atoms with Gasteiger partial charge in [-0.1, -0.05) is 60.1 Å². The summed E-state index contributed by atoms with van der Waals surface area (Å²) in [5, 5.41) is 26.0. The van der Waals surface area contributed by atoms with E-state index in [1.165, 1.54) is 17.0 Å². The van der Waals surface area contributed by atoms with Crippen molar-refractivity contribution in [2.75, 3.05) is 18.5 Å². The van der Waals surface area contributed by atoms with E-state index < -0.39 is 42.2 Å². The fraction of sp³-hybridized carbons (Fsp3) is 0.344. The fourth-order valence-corrected chi connectivity index (χ4v) is 4.75. The Kier molecular flexibility index (Phi) is 11.0. The minimum atomic E-state index is -1.25. The van der Waals surface area contributed by atoms with Crippen molar-refractivity contribution in [1.29, 1.82) is 0 Å². The number of para-hydroxylation sites is 1. The molecule has 0 saturated carbocycles. The van der Waals surface area contributed by atoms with E-state index in [1.807, 2.05) is 30.3 Å². The molecule has 2 atom stereocenters. The standard InChI is InChI=1S/C32H38ClN3O6/c1-20-10-9-13-24(33)27(20)35-29(39)28(23-14-15-26(38)21(2)18-23)36(16-17-37)30(40)25(19-22-11-7-6-8-12-22)34-31(41)42-32(3,4)5/h6-15,18,25,28,37-38H,16-17,19H2,1-5H3,(H,34,41)(H,35,39). The molecule has 0 aliphatic carbocycles. The molecular weight excluding hydrogens is 558 g/mol. The molecule has 3 aromatic rings. The van der Waals surface area contributed by atoms with Crippen LogP contribution in [0.2, 0.25) is 5.02 Å². The lowest BCUT2D eigenvalue weighted by molar-refractivity contribution is -0.141. The summed E-state index contributed by atoms with van der Waals surface area (Å²) >= 11 is 6.39. The van der Waals surface area contributed by atoms with Crippen molar-refractivity contribution in [2.24, 2.45) is 0 Å². The second-order valence-corrected chi connectivity index (χ2v) is 11.4. The summed E-state index contributed by atoms with van der Waals surface area (Å²) in [5.41, 5.74) is 1.94. The Balaban J connectivity index is 2.09. The van der Waals surface area contributed by atoms with E-state index in [1.54, 1.807) is 58.9 Å². The van der Waals surface area contributed by atoms with Gasteiger partial charge in [0.15, 0.2) is 0 Å². The Bertz CT molecular complexity index is 1390. The van der Waals surface area contributed by atoms with Crippen molar-refractivity contribution in [3.63, 3.8) is 0 Å². The molecular formula is C32H38ClN3O6. The number of anilines is 1. The number of ether oxygens (including phenoxy) is 1. The minimum Gasteiger partial charge on any atom is -0.508 e. The van der Waals surface area contributed by atoms with Gasteiger partial charge >= 0.3 is 6.09 Å². The number of aliphatic hydroxyl groups is 1. The second kappa shape index (κ2) is 14.2. The van der Waals surface area contributed by atoms with Crippen LogP contribution in [-0.2, 0) is 20.7 Å². The third-order valence-corrected chi connectivity index (χ3v) is 6.78. The molecule has 42 heavy (non-hydrogen) atoms. The first-order valence-corrected chi connectivity index (χ1v) is 14.0. The van der Waals surface area contributed by atoms with E-state index in [-0.39, 0.29) is 18.7 Å². The van der Waals surface area contributed by atoms with Gasteiger partial charge < -0.3 is 30.5 Å². The molecule has 3 amide bonds. The molecule has 0 saturated heterocycles. The average molecular weight is 596 g/mol. The SMILES string of the molecule is Cc1cc(C(C(=O)Nc2c(C)cccc2Cl)N(CCO)C(=O)C(Cc2ccccc2)NC(=O)OC(C)(C)C)ccc1O. The summed E-state index contributed by atoms with van der Waals surface area (Å²) in [5.74, 6) is -1.18. The van der Waals surface area contributed by atoms with Crippen LogP contribution in [-0.4, -0.2) is 57.8 Å². The Morgan fingerprint density at radius 2 is 1.67 bits per heavy atom. The van der Waals surface area contributed by atoms with Crippen molar-refractivity contribution in [1.82, 2.24) is 10.2 Å². The Hall–Kier alpha value is -4.08. The fourth-order valence-electron chi connectivity index (χ4n) is 4.48. The molecule has 0 fully saturated rings. The highest BCUT2D eigenvalue weighted by Crippen LogP contribution is 2.31. The number of amides is 3. The number of carbonyl (C=O) groups is 3. The molecule has 0 radical (unpaired) electrons. The first-order valence-electron chi connectivity index (χ1n) is 13.6. The lowest BCUT2D eigenvalue weighted by Crippen LogP contribution is -2.53. The van der Waals surface area contributed by atoms with Crippen LogP contribution >= 0.6 is 11.6 Å². The maximum Gasteiger partial charge on any atom is 0.408 e. The summed E-state index contributed by atoms with van der Waals surface area (Å²) in [6, 6.07) is 16.5. The van der Waals surface area contributed by atoms with Gasteiger partial charge in [-0.25, -0.2) is 4.79 Å². The largest absolute Gasteiger partial charge is 0.508 e. The number of halogens is 1. The van der Waals surface area contributed by atoms with E-state index in [9.17, 15) is 24.6 Å². The van der Waals surface area contributed by atoms with Gasteiger partial charge in [-0.3, -0.25) is 9.59 Å². The number of phenolic OH excluding ortho intramolecular Hbond substituents is 1. The molecule has 3 rings (SSSR count). The maximum atomic E-state index is 14.3. The highest BCUT2D eigenvalue weighted by molar-refractivity contribution is 6.34. The molecule has 4 N–H and O–H groups in total. The smallest absolute Gasteiger partial charge is 0.408 e. The van der Waals surface area contributed by atoms with Crippen LogP contribution in [0.4, 0.5) is 10.5 Å². The summed E-state index contributed by atoms with van der Waals surface area (Å²) in [6.45, 7) is 7.92. The van der Waals surface area contributed by atoms with Crippen molar-refractivity contribution in [3.05, 3.63) is 94.0 Å². The third kappa shape index (κ3) is 8.71. The number of benzene rings is 3. The molecule has 0 aromatic heterocycles. The van der Waals surface area contributed by atoms with Crippen LogP contribution in [0.25, 0.3) is 0 Å². The number of phenols is 1. The number of aliphatic hydroxyl groups excluding tert-OH is 1. The first kappa shape index (κ1) is 32.4. The number of aryl methyl sites for hydroxylation is 2. The number of hydrogen-bond acceptors (Lipinski definition) is 6. The topological polar surface area (TPSA) is 128 Å². The summed E-state index contributed by atoms with van der Waals surface area (Å²) in [7, 11) is 0. The van der Waals surface area contributed by atoms with Crippen molar-refractivity contribution >= 4 is 35.2 Å². The monoisotopic (exact) mass is 595 g/mol. The van der Waals surface area contributed by atoms with Gasteiger partial charge in [0.2, 0.25) is 5.91 Å². The van der Waals surface area contributed by atoms with Crippen LogP contribution in [0, 0.1) is 13.8 Å². The van der Waals surface area contributed by atoms with E-state index in [2.05, 4.69) is 10.6 Å². The van der Waals surface area contributed by atoms with Crippen molar-refractivity contribution in [3.8, 4) is 5.75 Å². The van der Waals surface area contributed by atoms with E-state index in [0.29, 0.717) is 27.4 Å². The molecule has 10 heteroatoms. The second-order valence-electron chi connectivity index (χ2n) is 11.0. The zero-order chi connectivity index (χ0) is 31.0. The summed E-state index contributed by atoms with van der Waals surface area (Å²) in [4.78, 5) is 42.4.